The molecule has 0 unspecified atom stereocenters. The van der Waals surface area contributed by atoms with Gasteiger partial charge in [-0.1, -0.05) is 36.4 Å². The summed E-state index contributed by atoms with van der Waals surface area (Å²) >= 11 is 1.97. The summed E-state index contributed by atoms with van der Waals surface area (Å²) in [5, 5.41) is 10.9. The number of rotatable bonds is 9. The summed E-state index contributed by atoms with van der Waals surface area (Å²) in [6.45, 7) is 2.52. The summed E-state index contributed by atoms with van der Waals surface area (Å²) in [4.78, 5) is 13.5. The molecule has 1 aliphatic carbocycles. The number of carbonyl (C=O) groups is 1. The number of nitrogens with zero attached hydrogens (tertiary/aromatic N) is 1. The first-order chi connectivity index (χ1) is 15.7. The van der Waals surface area contributed by atoms with Crippen LogP contribution in [0.25, 0.3) is 11.1 Å². The van der Waals surface area contributed by atoms with Gasteiger partial charge in [-0.25, -0.2) is 0 Å². The van der Waals surface area contributed by atoms with Gasteiger partial charge in [0.2, 0.25) is 0 Å². The lowest BCUT2D eigenvalue weighted by atomic mass is 9.94. The standard InChI is InChI=1S/C26H33NO4S/c1-30-22-10-8-21(9-11-22)20-6-4-19(5-7-20)18-31-25-17-24(29)26(23(25)3-2-14-28)27-12-15-32-16-13-27/h4-11,14,23-26,29H,2-3,12-13,15-18H2,1H3/t23-,24+,25-,26+/m1/s1. The van der Waals surface area contributed by atoms with Crippen molar-refractivity contribution < 1.29 is 19.4 Å². The van der Waals surface area contributed by atoms with E-state index < -0.39 is 6.10 Å². The zero-order chi connectivity index (χ0) is 22.3. The van der Waals surface area contributed by atoms with E-state index >= 15 is 0 Å². The number of hydrogen-bond acceptors (Lipinski definition) is 6. The molecule has 5 nitrogen and oxygen atoms in total. The summed E-state index contributed by atoms with van der Waals surface area (Å²) in [5.74, 6) is 3.26. The van der Waals surface area contributed by atoms with Gasteiger partial charge in [0.25, 0.3) is 0 Å². The third kappa shape index (κ3) is 5.54. The fourth-order valence-electron chi connectivity index (χ4n) is 5.04. The molecule has 1 aliphatic heterocycles. The first-order valence-corrected chi connectivity index (χ1v) is 12.6. The van der Waals surface area contributed by atoms with E-state index in [2.05, 4.69) is 41.3 Å². The van der Waals surface area contributed by atoms with Gasteiger partial charge in [-0.2, -0.15) is 11.8 Å². The molecule has 4 atom stereocenters. The van der Waals surface area contributed by atoms with Crippen molar-refractivity contribution in [2.24, 2.45) is 5.92 Å². The lowest BCUT2D eigenvalue weighted by molar-refractivity contribution is -0.108. The quantitative estimate of drug-likeness (QED) is 0.576. The number of thioether (sulfide) groups is 1. The highest BCUT2D eigenvalue weighted by Gasteiger charge is 2.45. The smallest absolute Gasteiger partial charge is 0.120 e. The molecule has 0 amide bonds. The molecule has 2 aromatic carbocycles. The average Bonchev–Trinajstić information content (AvgIpc) is 3.17. The highest BCUT2D eigenvalue weighted by Crippen LogP contribution is 2.37. The summed E-state index contributed by atoms with van der Waals surface area (Å²) < 4.78 is 11.6. The molecule has 0 spiro atoms. The Hall–Kier alpha value is -1.86. The summed E-state index contributed by atoms with van der Waals surface area (Å²) in [7, 11) is 1.67. The van der Waals surface area contributed by atoms with Crippen LogP contribution in [0.2, 0.25) is 0 Å². The second-order valence-electron chi connectivity index (χ2n) is 8.62. The Morgan fingerprint density at radius 2 is 1.72 bits per heavy atom. The number of aliphatic hydroxyl groups excluding tert-OH is 1. The fraction of sp³-hybridized carbons (Fsp3) is 0.500. The largest absolute Gasteiger partial charge is 0.497 e. The van der Waals surface area contributed by atoms with Crippen LogP contribution in [0, 0.1) is 5.92 Å². The minimum absolute atomic E-state index is 0.0224. The Morgan fingerprint density at radius 1 is 1.06 bits per heavy atom. The lowest BCUT2D eigenvalue weighted by Crippen LogP contribution is -2.49. The van der Waals surface area contributed by atoms with Crippen molar-refractivity contribution in [1.82, 2.24) is 4.90 Å². The van der Waals surface area contributed by atoms with Crippen LogP contribution in [0.1, 0.15) is 24.8 Å². The Morgan fingerprint density at radius 3 is 2.34 bits per heavy atom. The number of hydrogen-bond donors (Lipinski definition) is 1. The Balaban J connectivity index is 1.39. The Labute approximate surface area is 195 Å². The van der Waals surface area contributed by atoms with E-state index in [0.717, 1.165) is 59.7 Å². The van der Waals surface area contributed by atoms with Crippen molar-refractivity contribution in [2.75, 3.05) is 31.7 Å². The summed E-state index contributed by atoms with van der Waals surface area (Å²) in [6, 6.07) is 16.6. The van der Waals surface area contributed by atoms with Gasteiger partial charge < -0.3 is 19.4 Å². The zero-order valence-electron chi connectivity index (χ0n) is 18.7. The van der Waals surface area contributed by atoms with Gasteiger partial charge in [0.05, 0.1) is 25.9 Å². The van der Waals surface area contributed by atoms with E-state index in [1.807, 2.05) is 23.9 Å². The van der Waals surface area contributed by atoms with Crippen molar-refractivity contribution >= 4 is 18.0 Å². The molecular weight excluding hydrogens is 422 g/mol. The van der Waals surface area contributed by atoms with E-state index in [1.165, 1.54) is 0 Å². The monoisotopic (exact) mass is 455 g/mol. The maximum absolute atomic E-state index is 11.1. The topological polar surface area (TPSA) is 59.0 Å². The molecule has 0 bridgehead atoms. The van der Waals surface area contributed by atoms with Gasteiger partial charge in [0.1, 0.15) is 12.0 Å². The molecule has 2 fully saturated rings. The summed E-state index contributed by atoms with van der Waals surface area (Å²) in [5.41, 5.74) is 3.41. The van der Waals surface area contributed by atoms with E-state index in [9.17, 15) is 9.90 Å². The minimum atomic E-state index is -0.391. The molecule has 172 valence electrons. The average molecular weight is 456 g/mol. The molecule has 1 N–H and O–H groups in total. The normalized spacial score (nSPS) is 26.2. The second kappa shape index (κ2) is 11.3. The van der Waals surface area contributed by atoms with Gasteiger partial charge in [-0.05, 0) is 35.2 Å². The zero-order valence-corrected chi connectivity index (χ0v) is 19.5. The molecule has 2 aromatic rings. The van der Waals surface area contributed by atoms with Crippen LogP contribution in [0.3, 0.4) is 0 Å². The van der Waals surface area contributed by atoms with Crippen molar-refractivity contribution in [3.05, 3.63) is 54.1 Å². The predicted octanol–water partition coefficient (Wildman–Crippen LogP) is 4.02. The predicted molar refractivity (Wildman–Crippen MR) is 129 cm³/mol. The van der Waals surface area contributed by atoms with Gasteiger partial charge in [0.15, 0.2) is 0 Å². The molecule has 32 heavy (non-hydrogen) atoms. The third-order valence-electron chi connectivity index (χ3n) is 6.71. The van der Waals surface area contributed by atoms with Gasteiger partial charge in [-0.15, -0.1) is 0 Å². The van der Waals surface area contributed by atoms with Crippen LogP contribution in [0.5, 0.6) is 5.75 Å². The Bertz CT molecular complexity index is 851. The number of aldehydes is 1. The molecule has 6 heteroatoms. The molecule has 1 saturated heterocycles. The van der Waals surface area contributed by atoms with E-state index in [4.69, 9.17) is 9.47 Å². The maximum Gasteiger partial charge on any atom is 0.120 e. The lowest BCUT2D eigenvalue weighted by Gasteiger charge is -2.37. The number of carbonyl (C=O) groups excluding carboxylic acids is 1. The van der Waals surface area contributed by atoms with E-state index in [-0.39, 0.29) is 18.1 Å². The maximum atomic E-state index is 11.1. The van der Waals surface area contributed by atoms with Crippen molar-refractivity contribution in [2.45, 2.75) is 44.1 Å². The molecule has 1 saturated carbocycles. The molecule has 1 heterocycles. The number of ether oxygens (including phenoxy) is 2. The molecular formula is C26H33NO4S. The second-order valence-corrected chi connectivity index (χ2v) is 9.85. The van der Waals surface area contributed by atoms with Crippen molar-refractivity contribution in [3.8, 4) is 16.9 Å². The van der Waals surface area contributed by atoms with Crippen LogP contribution in [-0.2, 0) is 16.1 Å². The fourth-order valence-corrected chi connectivity index (χ4v) is 5.97. The van der Waals surface area contributed by atoms with Crippen LogP contribution in [0.15, 0.2) is 48.5 Å². The van der Waals surface area contributed by atoms with Crippen molar-refractivity contribution in [1.29, 1.82) is 0 Å². The number of methoxy groups -OCH3 is 1. The van der Waals surface area contributed by atoms with Crippen LogP contribution >= 0.6 is 11.8 Å². The van der Waals surface area contributed by atoms with E-state index in [1.54, 1.807) is 7.11 Å². The molecule has 2 aliphatic rings. The highest BCUT2D eigenvalue weighted by molar-refractivity contribution is 7.99. The van der Waals surface area contributed by atoms with Gasteiger partial charge in [-0.3, -0.25) is 4.90 Å². The molecule has 0 radical (unpaired) electrons. The first-order valence-electron chi connectivity index (χ1n) is 11.5. The van der Waals surface area contributed by atoms with Gasteiger partial charge in [0, 0.05) is 49.4 Å². The highest BCUT2D eigenvalue weighted by atomic mass is 32.2. The molecule has 0 aromatic heterocycles. The molecule has 4 rings (SSSR count). The third-order valence-corrected chi connectivity index (χ3v) is 7.65. The number of benzene rings is 2. The van der Waals surface area contributed by atoms with Gasteiger partial charge >= 0.3 is 0 Å². The summed E-state index contributed by atoms with van der Waals surface area (Å²) in [6.07, 6.45) is 2.51. The van der Waals surface area contributed by atoms with Crippen LogP contribution in [0.4, 0.5) is 0 Å². The van der Waals surface area contributed by atoms with Crippen molar-refractivity contribution in [3.63, 3.8) is 0 Å². The van der Waals surface area contributed by atoms with E-state index in [0.29, 0.717) is 19.4 Å². The first kappa shape index (κ1) is 23.3. The minimum Gasteiger partial charge on any atom is -0.497 e. The van der Waals surface area contributed by atoms with Crippen LogP contribution < -0.4 is 4.74 Å². The number of aliphatic hydroxyl groups is 1. The van der Waals surface area contributed by atoms with Crippen LogP contribution in [-0.4, -0.2) is 66.2 Å². The Kier molecular flexibility index (Phi) is 8.25. The SMILES string of the molecule is COc1ccc(-c2ccc(CO[C@@H]3C[C@H](O)[C@@H](N4CCSCC4)[C@@H]3CCC=O)cc2)cc1.